The Bertz CT molecular complexity index is 282. The van der Waals surface area contributed by atoms with E-state index < -0.39 is 0 Å². The van der Waals surface area contributed by atoms with E-state index in [1.165, 1.54) is 38.5 Å². The van der Waals surface area contributed by atoms with Crippen LogP contribution in [0.25, 0.3) is 0 Å². The topological polar surface area (TPSA) is 0 Å². The van der Waals surface area contributed by atoms with Gasteiger partial charge in [0.2, 0.25) is 0 Å². The van der Waals surface area contributed by atoms with Crippen molar-refractivity contribution in [1.82, 2.24) is 0 Å². The predicted octanol–water partition coefficient (Wildman–Crippen LogP) is 5.17. The van der Waals surface area contributed by atoms with Gasteiger partial charge in [0.05, 0.1) is 0 Å². The molecule has 2 bridgehead atoms. The van der Waals surface area contributed by atoms with Gasteiger partial charge in [0.25, 0.3) is 0 Å². The summed E-state index contributed by atoms with van der Waals surface area (Å²) in [6.07, 6.45) is 13.7. The van der Waals surface area contributed by atoms with Gasteiger partial charge in [0.15, 0.2) is 0 Å². The Hall–Kier alpha value is 0. The second-order valence-corrected chi connectivity index (χ2v) is 7.90. The van der Waals surface area contributed by atoms with Crippen LogP contribution in [0.3, 0.4) is 0 Å². The number of hydrogen-bond donors (Lipinski definition) is 0. The summed E-state index contributed by atoms with van der Waals surface area (Å²) in [7, 11) is 0. The summed E-state index contributed by atoms with van der Waals surface area (Å²) in [4.78, 5) is 0. The van der Waals surface area contributed by atoms with Gasteiger partial charge in [-0.2, -0.15) is 0 Å². The summed E-state index contributed by atoms with van der Waals surface area (Å²) in [6, 6.07) is 0. The van der Waals surface area contributed by atoms with Gasteiger partial charge in [-0.05, 0) is 60.7 Å². The first kappa shape index (κ1) is 11.1. The summed E-state index contributed by atoms with van der Waals surface area (Å²) in [5.41, 5.74) is 2.02. The fourth-order valence-corrected chi connectivity index (χ4v) is 6.03. The van der Waals surface area contributed by atoms with Gasteiger partial charge in [-0.25, -0.2) is 0 Å². The maximum atomic E-state index is 2.64. The SMILES string of the molecule is CC1(C)CC2CCC1(C1(C)CCCCC1)C2. The third-order valence-electron chi connectivity index (χ3n) is 6.82. The lowest BCUT2D eigenvalue weighted by Crippen LogP contribution is -2.47. The molecule has 0 spiro atoms. The third-order valence-corrected chi connectivity index (χ3v) is 6.82. The first-order chi connectivity index (χ1) is 7.49. The van der Waals surface area contributed by atoms with Crippen molar-refractivity contribution in [3.63, 3.8) is 0 Å². The quantitative estimate of drug-likeness (QED) is 0.571. The van der Waals surface area contributed by atoms with Crippen LogP contribution in [0.5, 0.6) is 0 Å². The van der Waals surface area contributed by atoms with Crippen LogP contribution in [0, 0.1) is 22.2 Å². The second-order valence-electron chi connectivity index (χ2n) is 7.90. The Morgan fingerprint density at radius 3 is 2.00 bits per heavy atom. The Morgan fingerprint density at radius 1 is 0.812 bits per heavy atom. The van der Waals surface area contributed by atoms with Gasteiger partial charge in [0, 0.05) is 0 Å². The van der Waals surface area contributed by atoms with E-state index in [0.717, 1.165) is 5.92 Å². The van der Waals surface area contributed by atoms with Crippen molar-refractivity contribution >= 4 is 0 Å². The van der Waals surface area contributed by atoms with Gasteiger partial charge in [-0.1, -0.05) is 40.0 Å². The molecule has 0 aromatic heterocycles. The van der Waals surface area contributed by atoms with Crippen molar-refractivity contribution in [2.24, 2.45) is 22.2 Å². The Labute approximate surface area is 101 Å². The van der Waals surface area contributed by atoms with Gasteiger partial charge in [0.1, 0.15) is 0 Å². The van der Waals surface area contributed by atoms with Crippen LogP contribution in [0.4, 0.5) is 0 Å². The average Bonchev–Trinajstić information content (AvgIpc) is 2.74. The monoisotopic (exact) mass is 220 g/mol. The van der Waals surface area contributed by atoms with Crippen molar-refractivity contribution in [1.29, 1.82) is 0 Å². The van der Waals surface area contributed by atoms with Crippen molar-refractivity contribution in [2.45, 2.75) is 78.6 Å². The lowest BCUT2D eigenvalue weighted by atomic mass is 9.49. The molecule has 0 aromatic rings. The number of hydrogen-bond acceptors (Lipinski definition) is 0. The highest BCUT2D eigenvalue weighted by Gasteiger charge is 2.63. The molecular weight excluding hydrogens is 192 g/mol. The predicted molar refractivity (Wildman–Crippen MR) is 69.4 cm³/mol. The van der Waals surface area contributed by atoms with E-state index in [2.05, 4.69) is 20.8 Å². The lowest BCUT2D eigenvalue weighted by molar-refractivity contribution is -0.0652. The van der Waals surface area contributed by atoms with Crippen molar-refractivity contribution < 1.29 is 0 Å². The molecule has 0 amide bonds. The highest BCUT2D eigenvalue weighted by molar-refractivity contribution is 5.13. The van der Waals surface area contributed by atoms with E-state index in [1.807, 2.05) is 0 Å². The van der Waals surface area contributed by atoms with Gasteiger partial charge in [-0.3, -0.25) is 0 Å². The Morgan fingerprint density at radius 2 is 1.50 bits per heavy atom. The molecule has 3 saturated carbocycles. The molecule has 0 heteroatoms. The number of fused-ring (bicyclic) bond motifs is 2. The molecule has 0 aliphatic heterocycles. The molecule has 16 heavy (non-hydrogen) atoms. The van der Waals surface area contributed by atoms with Crippen molar-refractivity contribution in [2.75, 3.05) is 0 Å². The zero-order valence-corrected chi connectivity index (χ0v) is 11.4. The van der Waals surface area contributed by atoms with Gasteiger partial charge >= 0.3 is 0 Å². The normalized spacial score (nSPS) is 44.8. The zero-order valence-electron chi connectivity index (χ0n) is 11.4. The minimum Gasteiger partial charge on any atom is -0.0593 e. The largest absolute Gasteiger partial charge is 0.0593 e. The average molecular weight is 220 g/mol. The lowest BCUT2D eigenvalue weighted by Gasteiger charge is -2.56. The van der Waals surface area contributed by atoms with E-state index in [1.54, 1.807) is 19.3 Å². The molecule has 0 heterocycles. The van der Waals surface area contributed by atoms with Gasteiger partial charge in [-0.15, -0.1) is 0 Å². The highest BCUT2D eigenvalue weighted by Crippen LogP contribution is 2.73. The first-order valence-corrected chi connectivity index (χ1v) is 7.49. The van der Waals surface area contributed by atoms with E-state index in [4.69, 9.17) is 0 Å². The van der Waals surface area contributed by atoms with Crippen LogP contribution in [-0.2, 0) is 0 Å². The third kappa shape index (κ3) is 1.22. The summed E-state index contributed by atoms with van der Waals surface area (Å²) in [5.74, 6) is 1.08. The van der Waals surface area contributed by atoms with Crippen LogP contribution in [0.1, 0.15) is 78.6 Å². The fraction of sp³-hybridized carbons (Fsp3) is 1.00. The molecule has 3 aliphatic carbocycles. The molecule has 3 aliphatic rings. The van der Waals surface area contributed by atoms with Gasteiger partial charge < -0.3 is 0 Å². The van der Waals surface area contributed by atoms with E-state index in [0.29, 0.717) is 16.2 Å². The molecule has 0 saturated heterocycles. The molecule has 0 aromatic carbocycles. The molecule has 3 fully saturated rings. The van der Waals surface area contributed by atoms with E-state index >= 15 is 0 Å². The fourth-order valence-electron chi connectivity index (χ4n) is 6.03. The second kappa shape index (κ2) is 3.27. The van der Waals surface area contributed by atoms with Crippen LogP contribution < -0.4 is 0 Å². The molecule has 2 unspecified atom stereocenters. The summed E-state index contributed by atoms with van der Waals surface area (Å²) in [5, 5.41) is 0. The minimum atomic E-state index is 0.627. The van der Waals surface area contributed by atoms with Crippen molar-refractivity contribution in [3.8, 4) is 0 Å². The molecule has 3 rings (SSSR count). The van der Waals surface area contributed by atoms with E-state index in [-0.39, 0.29) is 0 Å². The smallest absolute Gasteiger partial charge is 0.0190 e. The zero-order chi connectivity index (χ0) is 11.4. The van der Waals surface area contributed by atoms with Crippen LogP contribution in [0.15, 0.2) is 0 Å². The highest BCUT2D eigenvalue weighted by atomic mass is 14.7. The molecule has 0 radical (unpaired) electrons. The summed E-state index contributed by atoms with van der Waals surface area (Å²) in [6.45, 7) is 7.79. The van der Waals surface area contributed by atoms with Crippen molar-refractivity contribution in [3.05, 3.63) is 0 Å². The standard InChI is InChI=1S/C16H28/c1-14(2)11-13-7-10-16(14,12-13)15(3)8-5-4-6-9-15/h13H,4-12H2,1-3H3. The van der Waals surface area contributed by atoms with Crippen LogP contribution in [-0.4, -0.2) is 0 Å². The molecule has 0 N–H and O–H groups in total. The molecular formula is C16H28. The van der Waals surface area contributed by atoms with Crippen LogP contribution >= 0.6 is 0 Å². The first-order valence-electron chi connectivity index (χ1n) is 7.49. The van der Waals surface area contributed by atoms with E-state index in [9.17, 15) is 0 Å². The minimum absolute atomic E-state index is 0.627. The summed E-state index contributed by atoms with van der Waals surface area (Å²) >= 11 is 0. The molecule has 2 atom stereocenters. The van der Waals surface area contributed by atoms with Crippen LogP contribution in [0.2, 0.25) is 0 Å². The molecule has 92 valence electrons. The maximum Gasteiger partial charge on any atom is -0.0190 e. The summed E-state index contributed by atoms with van der Waals surface area (Å²) < 4.78 is 0. The Kier molecular flexibility index (Phi) is 2.27. The maximum absolute atomic E-state index is 2.64. The molecule has 0 nitrogen and oxygen atoms in total. The number of rotatable bonds is 1. The Balaban J connectivity index is 1.96.